The van der Waals surface area contributed by atoms with Crippen molar-refractivity contribution in [2.45, 2.75) is 25.6 Å². The van der Waals surface area contributed by atoms with Crippen molar-refractivity contribution in [1.29, 1.82) is 0 Å². The Balaban J connectivity index is 2.77. The Morgan fingerprint density at radius 2 is 2.00 bits per heavy atom. The molecule has 18 heavy (non-hydrogen) atoms. The van der Waals surface area contributed by atoms with Gasteiger partial charge < -0.3 is 10.0 Å². The highest BCUT2D eigenvalue weighted by molar-refractivity contribution is 6.33. The maximum Gasteiger partial charge on any atom is 0.390 e. The lowest BCUT2D eigenvalue weighted by atomic mass is 10.1. The molecule has 0 saturated heterocycles. The normalized spacial score (nSPS) is 13.5. The minimum atomic E-state index is -4.18. The standard InChI is InChI=1S/C12H15ClF3NO/c1-8(18)9-3-4-11(10(13)7-9)17(2)6-5-12(14,15)16/h3-4,7-8,18H,5-6H2,1-2H3/t8-/m0/s1. The molecule has 1 atom stereocenters. The van der Waals surface area contributed by atoms with E-state index in [1.807, 2.05) is 0 Å². The number of hydrogen-bond acceptors (Lipinski definition) is 2. The van der Waals surface area contributed by atoms with Gasteiger partial charge in [-0.3, -0.25) is 0 Å². The fourth-order valence-corrected chi connectivity index (χ4v) is 1.84. The van der Waals surface area contributed by atoms with Gasteiger partial charge in [-0.25, -0.2) is 0 Å². The number of aliphatic hydroxyl groups is 1. The van der Waals surface area contributed by atoms with Crippen LogP contribution < -0.4 is 4.90 Å². The first-order chi connectivity index (χ1) is 8.20. The maximum atomic E-state index is 12.1. The smallest absolute Gasteiger partial charge is 0.389 e. The number of benzene rings is 1. The Hall–Kier alpha value is -0.940. The zero-order chi connectivity index (χ0) is 13.9. The predicted molar refractivity (Wildman–Crippen MR) is 66.0 cm³/mol. The van der Waals surface area contributed by atoms with Crippen LogP contribution in [-0.2, 0) is 0 Å². The van der Waals surface area contributed by atoms with Gasteiger partial charge >= 0.3 is 6.18 Å². The molecule has 102 valence electrons. The van der Waals surface area contributed by atoms with Gasteiger partial charge in [0, 0.05) is 13.6 Å². The van der Waals surface area contributed by atoms with Gasteiger partial charge in [0.25, 0.3) is 0 Å². The first-order valence-electron chi connectivity index (χ1n) is 5.46. The number of anilines is 1. The molecule has 0 aliphatic carbocycles. The molecule has 1 aromatic carbocycles. The van der Waals surface area contributed by atoms with E-state index in [0.717, 1.165) is 0 Å². The Morgan fingerprint density at radius 1 is 1.39 bits per heavy atom. The molecule has 0 aliphatic rings. The first-order valence-corrected chi connectivity index (χ1v) is 5.84. The fraction of sp³-hybridized carbons (Fsp3) is 0.500. The van der Waals surface area contributed by atoms with E-state index in [1.54, 1.807) is 32.2 Å². The minimum Gasteiger partial charge on any atom is -0.389 e. The van der Waals surface area contributed by atoms with Crippen molar-refractivity contribution in [3.05, 3.63) is 28.8 Å². The van der Waals surface area contributed by atoms with Crippen LogP contribution in [0.4, 0.5) is 18.9 Å². The van der Waals surface area contributed by atoms with Gasteiger partial charge in [0.1, 0.15) is 0 Å². The molecular weight excluding hydrogens is 267 g/mol. The molecule has 0 heterocycles. The molecule has 6 heteroatoms. The van der Waals surface area contributed by atoms with Gasteiger partial charge in [-0.05, 0) is 24.6 Å². The minimum absolute atomic E-state index is 0.156. The summed E-state index contributed by atoms with van der Waals surface area (Å²) in [6, 6.07) is 4.82. The van der Waals surface area contributed by atoms with Crippen LogP contribution in [0.25, 0.3) is 0 Å². The van der Waals surface area contributed by atoms with E-state index >= 15 is 0 Å². The number of rotatable bonds is 4. The summed E-state index contributed by atoms with van der Waals surface area (Å²) in [5, 5.41) is 9.70. The quantitative estimate of drug-likeness (QED) is 0.908. The third-order valence-corrected chi connectivity index (χ3v) is 2.90. The summed E-state index contributed by atoms with van der Waals surface area (Å²) < 4.78 is 36.3. The lowest BCUT2D eigenvalue weighted by molar-refractivity contribution is -0.132. The molecule has 0 aromatic heterocycles. The Labute approximate surface area is 109 Å². The number of aliphatic hydroxyl groups excluding tert-OH is 1. The highest BCUT2D eigenvalue weighted by Crippen LogP contribution is 2.29. The first kappa shape index (κ1) is 15.1. The highest BCUT2D eigenvalue weighted by Gasteiger charge is 2.27. The average molecular weight is 282 g/mol. The monoisotopic (exact) mass is 281 g/mol. The largest absolute Gasteiger partial charge is 0.390 e. The highest BCUT2D eigenvalue weighted by atomic mass is 35.5. The van der Waals surface area contributed by atoms with Crippen LogP contribution in [0.3, 0.4) is 0 Å². The molecule has 0 bridgehead atoms. The molecule has 0 saturated carbocycles. The molecule has 0 radical (unpaired) electrons. The van der Waals surface area contributed by atoms with Gasteiger partial charge in [-0.15, -0.1) is 0 Å². The number of nitrogens with zero attached hydrogens (tertiary/aromatic N) is 1. The zero-order valence-corrected chi connectivity index (χ0v) is 10.9. The molecule has 1 rings (SSSR count). The van der Waals surface area contributed by atoms with E-state index in [2.05, 4.69) is 0 Å². The van der Waals surface area contributed by atoms with Gasteiger partial charge in [0.2, 0.25) is 0 Å². The third kappa shape index (κ3) is 4.38. The lowest BCUT2D eigenvalue weighted by Crippen LogP contribution is -2.24. The summed E-state index contributed by atoms with van der Waals surface area (Å²) in [5.41, 5.74) is 1.15. The Kier molecular flexibility index (Phi) is 4.87. The third-order valence-electron chi connectivity index (χ3n) is 2.60. The predicted octanol–water partition coefficient (Wildman–Crippen LogP) is 3.78. The number of hydrogen-bond donors (Lipinski definition) is 1. The van der Waals surface area contributed by atoms with Gasteiger partial charge in [-0.1, -0.05) is 17.7 Å². The van der Waals surface area contributed by atoms with Crippen LogP contribution >= 0.6 is 11.6 Å². The van der Waals surface area contributed by atoms with Gasteiger partial charge in [0.05, 0.1) is 23.2 Å². The lowest BCUT2D eigenvalue weighted by Gasteiger charge is -2.22. The van der Waals surface area contributed by atoms with E-state index < -0.39 is 18.7 Å². The SMILES string of the molecule is C[C@H](O)c1ccc(N(C)CCC(F)(F)F)c(Cl)c1. The van der Waals surface area contributed by atoms with E-state index in [-0.39, 0.29) is 6.54 Å². The molecule has 1 aromatic rings. The molecule has 0 aliphatic heterocycles. The summed E-state index contributed by atoms with van der Waals surface area (Å²) in [6.45, 7) is 1.44. The van der Waals surface area contributed by atoms with Crippen molar-refractivity contribution in [3.8, 4) is 0 Å². The summed E-state index contributed by atoms with van der Waals surface area (Å²) in [6.07, 6.45) is -5.73. The Morgan fingerprint density at radius 3 is 2.44 bits per heavy atom. The zero-order valence-electron chi connectivity index (χ0n) is 10.1. The van der Waals surface area contributed by atoms with Crippen molar-refractivity contribution < 1.29 is 18.3 Å². The maximum absolute atomic E-state index is 12.1. The van der Waals surface area contributed by atoms with Gasteiger partial charge in [-0.2, -0.15) is 13.2 Å². The molecular formula is C12H15ClF3NO. The van der Waals surface area contributed by atoms with Crippen LogP contribution in [0, 0.1) is 0 Å². The van der Waals surface area contributed by atoms with Crippen molar-refractivity contribution in [2.75, 3.05) is 18.5 Å². The van der Waals surface area contributed by atoms with E-state index in [0.29, 0.717) is 16.3 Å². The number of halogens is 4. The molecule has 2 nitrogen and oxygen atoms in total. The van der Waals surface area contributed by atoms with Gasteiger partial charge in [0.15, 0.2) is 0 Å². The average Bonchev–Trinajstić information content (AvgIpc) is 2.24. The second-order valence-electron chi connectivity index (χ2n) is 4.17. The summed E-state index contributed by atoms with van der Waals surface area (Å²) in [4.78, 5) is 1.45. The van der Waals surface area contributed by atoms with Crippen molar-refractivity contribution in [3.63, 3.8) is 0 Å². The molecule has 0 spiro atoms. The van der Waals surface area contributed by atoms with E-state index in [1.165, 1.54) is 4.90 Å². The van der Waals surface area contributed by atoms with Crippen LogP contribution in [-0.4, -0.2) is 24.9 Å². The van der Waals surface area contributed by atoms with E-state index in [4.69, 9.17) is 11.6 Å². The Bertz CT molecular complexity index is 407. The second-order valence-corrected chi connectivity index (χ2v) is 4.58. The summed E-state index contributed by atoms with van der Waals surface area (Å²) in [7, 11) is 1.55. The van der Waals surface area contributed by atoms with Crippen molar-refractivity contribution in [2.24, 2.45) is 0 Å². The van der Waals surface area contributed by atoms with Crippen LogP contribution in [0.2, 0.25) is 5.02 Å². The molecule has 0 unspecified atom stereocenters. The van der Waals surface area contributed by atoms with Crippen LogP contribution in [0.5, 0.6) is 0 Å². The number of alkyl halides is 3. The summed E-state index contributed by atoms with van der Waals surface area (Å²) >= 11 is 5.98. The van der Waals surface area contributed by atoms with E-state index in [9.17, 15) is 18.3 Å². The second kappa shape index (κ2) is 5.80. The molecule has 0 amide bonds. The van der Waals surface area contributed by atoms with Crippen molar-refractivity contribution >= 4 is 17.3 Å². The topological polar surface area (TPSA) is 23.5 Å². The molecule has 1 N–H and O–H groups in total. The van der Waals surface area contributed by atoms with Crippen molar-refractivity contribution in [1.82, 2.24) is 0 Å². The summed E-state index contributed by atoms with van der Waals surface area (Å²) in [5.74, 6) is 0. The fourth-order valence-electron chi connectivity index (χ4n) is 1.51. The van der Waals surface area contributed by atoms with Crippen LogP contribution in [0.15, 0.2) is 18.2 Å². The molecule has 0 fully saturated rings. The van der Waals surface area contributed by atoms with Crippen LogP contribution in [0.1, 0.15) is 25.0 Å².